The highest BCUT2D eigenvalue weighted by Crippen LogP contribution is 2.30. The van der Waals surface area contributed by atoms with Crippen LogP contribution >= 0.6 is 0 Å². The summed E-state index contributed by atoms with van der Waals surface area (Å²) in [6, 6.07) is 2.18. The Kier molecular flexibility index (Phi) is 4.58. The van der Waals surface area contributed by atoms with Crippen LogP contribution in [-0.2, 0) is 24.0 Å². The predicted octanol–water partition coefficient (Wildman–Crippen LogP) is 1.75. The first-order valence-electron chi connectivity index (χ1n) is 9.05. The van der Waals surface area contributed by atoms with E-state index in [9.17, 15) is 0 Å². The van der Waals surface area contributed by atoms with Crippen molar-refractivity contribution in [2.75, 3.05) is 38.6 Å². The smallest absolute Gasteiger partial charge is 0.240 e. The van der Waals surface area contributed by atoms with Gasteiger partial charge in [0.05, 0.1) is 18.7 Å². The van der Waals surface area contributed by atoms with Crippen molar-refractivity contribution in [2.45, 2.75) is 38.5 Å². The van der Waals surface area contributed by atoms with Gasteiger partial charge in [-0.1, -0.05) is 0 Å². The van der Waals surface area contributed by atoms with Crippen molar-refractivity contribution in [1.82, 2.24) is 20.1 Å². The van der Waals surface area contributed by atoms with Crippen molar-refractivity contribution in [1.29, 1.82) is 0 Å². The second kappa shape index (κ2) is 6.99. The molecule has 1 fully saturated rings. The number of aromatic nitrogens is 3. The average molecular weight is 327 g/mol. The van der Waals surface area contributed by atoms with Crippen LogP contribution in [0, 0.1) is 0 Å². The molecule has 2 aromatic rings. The van der Waals surface area contributed by atoms with Crippen molar-refractivity contribution in [2.24, 2.45) is 0 Å². The van der Waals surface area contributed by atoms with Crippen LogP contribution in [0.4, 0.5) is 5.95 Å². The number of morpholine rings is 1. The Morgan fingerprint density at radius 2 is 1.96 bits per heavy atom. The summed E-state index contributed by atoms with van der Waals surface area (Å²) in [5.41, 5.74) is 12.0. The third-order valence-electron chi connectivity index (χ3n) is 5.21. The maximum atomic E-state index is 5.81. The van der Waals surface area contributed by atoms with E-state index in [0.29, 0.717) is 0 Å². The molecule has 2 heterocycles. The van der Waals surface area contributed by atoms with Gasteiger partial charge in [-0.25, -0.2) is 4.98 Å². The first-order chi connectivity index (χ1) is 11.8. The van der Waals surface area contributed by atoms with E-state index in [4.69, 9.17) is 10.5 Å². The summed E-state index contributed by atoms with van der Waals surface area (Å²) in [6.07, 6.45) is 7.00. The lowest BCUT2D eigenvalue weighted by Gasteiger charge is -2.27. The fraction of sp³-hybridized carbons (Fsp3) is 0.611. The van der Waals surface area contributed by atoms with E-state index < -0.39 is 0 Å². The highest BCUT2D eigenvalue weighted by molar-refractivity contribution is 5.81. The molecule has 0 unspecified atom stereocenters. The molecule has 4 rings (SSSR count). The van der Waals surface area contributed by atoms with Crippen LogP contribution < -0.4 is 5.73 Å². The number of nitrogens with two attached hydrogens (primary N) is 1. The molecule has 2 aliphatic rings. The van der Waals surface area contributed by atoms with Gasteiger partial charge in [0.2, 0.25) is 5.95 Å². The third-order valence-corrected chi connectivity index (χ3v) is 5.21. The predicted molar refractivity (Wildman–Crippen MR) is 94.0 cm³/mol. The number of hydrogen-bond donors (Lipinski definition) is 1. The minimum atomic E-state index is 0.271. The number of ether oxygens (including phenoxy) is 1. The van der Waals surface area contributed by atoms with E-state index in [1.807, 2.05) is 0 Å². The zero-order valence-electron chi connectivity index (χ0n) is 14.1. The highest BCUT2D eigenvalue weighted by atomic mass is 16.5. The van der Waals surface area contributed by atoms with Gasteiger partial charge < -0.3 is 10.5 Å². The van der Waals surface area contributed by atoms with E-state index in [-0.39, 0.29) is 5.95 Å². The first-order valence-corrected chi connectivity index (χ1v) is 9.05. The fourth-order valence-corrected chi connectivity index (χ4v) is 3.98. The van der Waals surface area contributed by atoms with Gasteiger partial charge in [-0.05, 0) is 67.8 Å². The summed E-state index contributed by atoms with van der Waals surface area (Å²) in [5.74, 6) is 0.271. The van der Waals surface area contributed by atoms with E-state index in [2.05, 4.69) is 26.1 Å². The molecule has 0 spiro atoms. The van der Waals surface area contributed by atoms with Crippen LogP contribution in [0.25, 0.3) is 11.0 Å². The molecule has 2 N–H and O–H groups in total. The Hall–Kier alpha value is -1.79. The molecule has 6 heteroatoms. The Labute approximate surface area is 142 Å². The molecule has 0 amide bonds. The van der Waals surface area contributed by atoms with Crippen LogP contribution in [0.3, 0.4) is 0 Å². The Morgan fingerprint density at radius 3 is 2.83 bits per heavy atom. The van der Waals surface area contributed by atoms with Crippen LogP contribution in [0.1, 0.15) is 36.0 Å². The second-order valence-electron chi connectivity index (χ2n) is 6.80. The zero-order chi connectivity index (χ0) is 16.4. The SMILES string of the molecule is Nc1nnc2cc3c(c(CCCN4CCOCC4)c2n1)CCCC3. The van der Waals surface area contributed by atoms with Crippen LogP contribution in [0.15, 0.2) is 6.07 Å². The van der Waals surface area contributed by atoms with Crippen LogP contribution in [0.5, 0.6) is 0 Å². The standard InChI is InChI=1S/C18H25N5O/c19-18-20-17-15(6-3-7-23-8-10-24-11-9-23)14-5-2-1-4-13(14)12-16(17)21-22-18/h12H,1-11H2,(H2,19,20,22). The summed E-state index contributed by atoms with van der Waals surface area (Å²) in [5, 5.41) is 8.23. The van der Waals surface area contributed by atoms with Crippen molar-refractivity contribution in [3.63, 3.8) is 0 Å². The van der Waals surface area contributed by atoms with Gasteiger partial charge in [0.25, 0.3) is 0 Å². The van der Waals surface area contributed by atoms with Crippen molar-refractivity contribution >= 4 is 17.0 Å². The number of fused-ring (bicyclic) bond motifs is 2. The summed E-state index contributed by atoms with van der Waals surface area (Å²) in [4.78, 5) is 7.01. The molecular formula is C18H25N5O. The molecule has 1 aromatic carbocycles. The van der Waals surface area contributed by atoms with Gasteiger partial charge in [0.1, 0.15) is 5.52 Å². The normalized spacial score (nSPS) is 18.7. The molecule has 1 aromatic heterocycles. The van der Waals surface area contributed by atoms with E-state index in [1.165, 1.54) is 29.5 Å². The number of benzene rings is 1. The maximum Gasteiger partial charge on any atom is 0.240 e. The topological polar surface area (TPSA) is 77.2 Å². The van der Waals surface area contributed by atoms with Gasteiger partial charge in [0, 0.05) is 13.1 Å². The average Bonchev–Trinajstić information content (AvgIpc) is 2.62. The molecule has 0 radical (unpaired) electrons. The molecule has 0 bridgehead atoms. The lowest BCUT2D eigenvalue weighted by Crippen LogP contribution is -2.37. The maximum absolute atomic E-state index is 5.81. The molecular weight excluding hydrogens is 302 g/mol. The number of hydrogen-bond acceptors (Lipinski definition) is 6. The van der Waals surface area contributed by atoms with E-state index in [0.717, 1.165) is 69.6 Å². The van der Waals surface area contributed by atoms with Gasteiger partial charge in [0.15, 0.2) is 0 Å². The lowest BCUT2D eigenvalue weighted by atomic mass is 9.86. The quantitative estimate of drug-likeness (QED) is 0.922. The first kappa shape index (κ1) is 15.7. The molecule has 128 valence electrons. The number of nitrogen functional groups attached to an aromatic ring is 1. The van der Waals surface area contributed by atoms with Gasteiger partial charge in [-0.15, -0.1) is 10.2 Å². The summed E-state index contributed by atoms with van der Waals surface area (Å²) in [6.45, 7) is 4.92. The number of nitrogens with zero attached hydrogens (tertiary/aromatic N) is 4. The van der Waals surface area contributed by atoms with E-state index >= 15 is 0 Å². The largest absolute Gasteiger partial charge is 0.379 e. The van der Waals surface area contributed by atoms with Gasteiger partial charge >= 0.3 is 0 Å². The van der Waals surface area contributed by atoms with Gasteiger partial charge in [-0.2, -0.15) is 0 Å². The van der Waals surface area contributed by atoms with Crippen molar-refractivity contribution in [3.05, 3.63) is 22.8 Å². The number of rotatable bonds is 4. The number of anilines is 1. The summed E-state index contributed by atoms with van der Waals surface area (Å²) >= 11 is 0. The fourth-order valence-electron chi connectivity index (χ4n) is 3.98. The second-order valence-corrected chi connectivity index (χ2v) is 6.80. The summed E-state index contributed by atoms with van der Waals surface area (Å²) in [7, 11) is 0. The Morgan fingerprint density at radius 1 is 1.12 bits per heavy atom. The van der Waals surface area contributed by atoms with E-state index in [1.54, 1.807) is 0 Å². The summed E-state index contributed by atoms with van der Waals surface area (Å²) < 4.78 is 5.43. The highest BCUT2D eigenvalue weighted by Gasteiger charge is 2.19. The molecule has 0 saturated carbocycles. The molecule has 0 atom stereocenters. The minimum absolute atomic E-state index is 0.271. The molecule has 1 aliphatic heterocycles. The molecule has 24 heavy (non-hydrogen) atoms. The van der Waals surface area contributed by atoms with Gasteiger partial charge in [-0.3, -0.25) is 4.90 Å². The number of aryl methyl sites for hydroxylation is 2. The van der Waals surface area contributed by atoms with Crippen LogP contribution in [0.2, 0.25) is 0 Å². The minimum Gasteiger partial charge on any atom is -0.379 e. The zero-order valence-corrected chi connectivity index (χ0v) is 14.1. The monoisotopic (exact) mass is 327 g/mol. The molecule has 1 saturated heterocycles. The Bertz CT molecular complexity index is 727. The molecule has 6 nitrogen and oxygen atoms in total. The van der Waals surface area contributed by atoms with Crippen molar-refractivity contribution < 1.29 is 4.74 Å². The lowest BCUT2D eigenvalue weighted by molar-refractivity contribution is 0.0375. The van der Waals surface area contributed by atoms with Crippen LogP contribution in [-0.4, -0.2) is 52.9 Å². The third kappa shape index (κ3) is 3.21. The molecule has 1 aliphatic carbocycles. The Balaban J connectivity index is 1.60. The van der Waals surface area contributed by atoms with Crippen molar-refractivity contribution in [3.8, 4) is 0 Å².